The van der Waals surface area contributed by atoms with E-state index < -0.39 is 0 Å². The second kappa shape index (κ2) is 7.08. The predicted octanol–water partition coefficient (Wildman–Crippen LogP) is 5.15. The molecule has 28 heavy (non-hydrogen) atoms. The second-order valence-corrected chi connectivity index (χ2v) is 7.90. The second-order valence-electron chi connectivity index (χ2n) is 7.46. The van der Waals surface area contributed by atoms with Gasteiger partial charge >= 0.3 is 0 Å². The van der Waals surface area contributed by atoms with Crippen LogP contribution in [0.25, 0.3) is 33.3 Å². The van der Waals surface area contributed by atoms with Gasteiger partial charge in [-0.2, -0.15) is 0 Å². The Morgan fingerprint density at radius 2 is 1.86 bits per heavy atom. The lowest BCUT2D eigenvalue weighted by Gasteiger charge is -2.28. The van der Waals surface area contributed by atoms with Crippen molar-refractivity contribution >= 4 is 39.2 Å². The third-order valence-electron chi connectivity index (χ3n) is 5.52. The molecule has 0 aliphatic heterocycles. The standard InChI is InChI=1S/C22H21ClN4O/c23-13-5-10-18-16(11-13)21(25-14-6-8-15(28)9-7-14)17(12-24-18)22-26-19-3-1-2-4-20(19)27-22/h1-5,10-12,14-15,28H,6-9H2,(H,24,25)(H,26,27). The first kappa shape index (κ1) is 17.5. The summed E-state index contributed by atoms with van der Waals surface area (Å²) in [6.07, 6.45) is 5.20. The van der Waals surface area contributed by atoms with Gasteiger partial charge < -0.3 is 15.4 Å². The molecular formula is C22H21ClN4O. The summed E-state index contributed by atoms with van der Waals surface area (Å²) in [5.74, 6) is 0.786. The lowest BCUT2D eigenvalue weighted by Crippen LogP contribution is -2.28. The number of aromatic nitrogens is 3. The average Bonchev–Trinajstić information content (AvgIpc) is 3.14. The van der Waals surface area contributed by atoms with Crippen molar-refractivity contribution in [1.82, 2.24) is 15.0 Å². The van der Waals surface area contributed by atoms with Crippen LogP contribution in [-0.4, -0.2) is 32.2 Å². The van der Waals surface area contributed by atoms with Crippen LogP contribution in [0.15, 0.2) is 48.7 Å². The fourth-order valence-corrected chi connectivity index (χ4v) is 4.18. The molecule has 4 aromatic rings. The number of rotatable bonds is 3. The maximum Gasteiger partial charge on any atom is 0.142 e. The van der Waals surface area contributed by atoms with Crippen LogP contribution in [0.4, 0.5) is 5.69 Å². The quantitative estimate of drug-likeness (QED) is 0.451. The molecule has 2 aromatic heterocycles. The van der Waals surface area contributed by atoms with Crippen LogP contribution in [0, 0.1) is 0 Å². The molecule has 1 aliphatic rings. The Morgan fingerprint density at radius 1 is 1.04 bits per heavy atom. The number of aromatic amines is 1. The monoisotopic (exact) mass is 392 g/mol. The molecule has 1 fully saturated rings. The zero-order valence-electron chi connectivity index (χ0n) is 15.3. The molecule has 0 unspecified atom stereocenters. The van der Waals surface area contributed by atoms with Gasteiger partial charge in [-0.1, -0.05) is 23.7 Å². The number of fused-ring (bicyclic) bond motifs is 2. The number of hydrogen-bond donors (Lipinski definition) is 3. The van der Waals surface area contributed by atoms with Crippen LogP contribution in [0.3, 0.4) is 0 Å². The van der Waals surface area contributed by atoms with E-state index in [-0.39, 0.29) is 6.10 Å². The molecule has 5 rings (SSSR count). The van der Waals surface area contributed by atoms with E-state index in [0.717, 1.165) is 64.7 Å². The smallest absolute Gasteiger partial charge is 0.142 e. The van der Waals surface area contributed by atoms with Crippen molar-refractivity contribution in [2.75, 3.05) is 5.32 Å². The minimum Gasteiger partial charge on any atom is -0.393 e. The highest BCUT2D eigenvalue weighted by Crippen LogP contribution is 2.36. The zero-order valence-corrected chi connectivity index (χ0v) is 16.1. The van der Waals surface area contributed by atoms with Crippen molar-refractivity contribution in [3.8, 4) is 11.4 Å². The van der Waals surface area contributed by atoms with Gasteiger partial charge in [-0.15, -0.1) is 0 Å². The van der Waals surface area contributed by atoms with Crippen LogP contribution in [0.1, 0.15) is 25.7 Å². The molecule has 5 nitrogen and oxygen atoms in total. The molecule has 2 aromatic carbocycles. The lowest BCUT2D eigenvalue weighted by atomic mass is 9.92. The Bertz CT molecular complexity index is 1110. The van der Waals surface area contributed by atoms with Gasteiger partial charge in [0.15, 0.2) is 0 Å². The Kier molecular flexibility index (Phi) is 4.41. The summed E-state index contributed by atoms with van der Waals surface area (Å²) in [5.41, 5.74) is 4.73. The van der Waals surface area contributed by atoms with E-state index in [2.05, 4.69) is 15.3 Å². The first-order chi connectivity index (χ1) is 13.7. The third kappa shape index (κ3) is 3.21. The fourth-order valence-electron chi connectivity index (χ4n) is 4.00. The first-order valence-electron chi connectivity index (χ1n) is 9.65. The van der Waals surface area contributed by atoms with E-state index in [9.17, 15) is 5.11 Å². The number of para-hydroxylation sites is 2. The first-order valence-corrected chi connectivity index (χ1v) is 10.0. The molecule has 1 aliphatic carbocycles. The highest BCUT2D eigenvalue weighted by Gasteiger charge is 2.22. The molecular weight excluding hydrogens is 372 g/mol. The molecule has 0 atom stereocenters. The summed E-state index contributed by atoms with van der Waals surface area (Å²) >= 11 is 6.30. The molecule has 1 saturated carbocycles. The molecule has 0 amide bonds. The Morgan fingerprint density at radius 3 is 2.68 bits per heavy atom. The Labute approximate surface area is 167 Å². The fraction of sp³-hybridized carbons (Fsp3) is 0.273. The van der Waals surface area contributed by atoms with Crippen molar-refractivity contribution in [3.05, 3.63) is 53.7 Å². The average molecular weight is 393 g/mol. The normalized spacial score (nSPS) is 19.9. The van der Waals surface area contributed by atoms with Gasteiger partial charge in [0, 0.05) is 22.6 Å². The van der Waals surface area contributed by atoms with Crippen molar-refractivity contribution < 1.29 is 5.11 Å². The van der Waals surface area contributed by atoms with Crippen molar-refractivity contribution in [1.29, 1.82) is 0 Å². The molecule has 6 heteroatoms. The van der Waals surface area contributed by atoms with Gasteiger partial charge in [0.1, 0.15) is 5.82 Å². The van der Waals surface area contributed by atoms with E-state index >= 15 is 0 Å². The summed E-state index contributed by atoms with van der Waals surface area (Å²) < 4.78 is 0. The molecule has 0 spiro atoms. The largest absolute Gasteiger partial charge is 0.393 e. The van der Waals surface area contributed by atoms with Crippen LogP contribution in [0.5, 0.6) is 0 Å². The summed E-state index contributed by atoms with van der Waals surface area (Å²) in [5, 5.41) is 15.2. The van der Waals surface area contributed by atoms with Crippen molar-refractivity contribution in [2.45, 2.75) is 37.8 Å². The molecule has 142 valence electrons. The number of pyridine rings is 1. The van der Waals surface area contributed by atoms with Crippen molar-refractivity contribution in [3.63, 3.8) is 0 Å². The highest BCUT2D eigenvalue weighted by atomic mass is 35.5. The van der Waals surface area contributed by atoms with E-state index in [0.29, 0.717) is 11.1 Å². The van der Waals surface area contributed by atoms with Gasteiger partial charge in [-0.25, -0.2) is 4.98 Å². The predicted molar refractivity (Wildman–Crippen MR) is 114 cm³/mol. The number of anilines is 1. The number of aliphatic hydroxyl groups excluding tert-OH is 1. The third-order valence-corrected chi connectivity index (χ3v) is 5.75. The summed E-state index contributed by atoms with van der Waals surface area (Å²) in [6, 6.07) is 14.1. The molecule has 0 radical (unpaired) electrons. The number of benzene rings is 2. The number of hydrogen-bond acceptors (Lipinski definition) is 4. The number of nitrogens with one attached hydrogen (secondary N) is 2. The minimum absolute atomic E-state index is 0.184. The molecule has 2 heterocycles. The molecule has 0 saturated heterocycles. The van der Waals surface area contributed by atoms with Crippen LogP contribution >= 0.6 is 11.6 Å². The topological polar surface area (TPSA) is 73.8 Å². The number of halogens is 1. The molecule has 0 bridgehead atoms. The van der Waals surface area contributed by atoms with Gasteiger partial charge in [-0.3, -0.25) is 4.98 Å². The Hall–Kier alpha value is -2.63. The maximum absolute atomic E-state index is 9.84. The van der Waals surface area contributed by atoms with E-state index in [4.69, 9.17) is 16.6 Å². The van der Waals surface area contributed by atoms with E-state index in [1.54, 1.807) is 0 Å². The highest BCUT2D eigenvalue weighted by molar-refractivity contribution is 6.31. The van der Waals surface area contributed by atoms with Gasteiger partial charge in [0.05, 0.1) is 33.9 Å². The summed E-state index contributed by atoms with van der Waals surface area (Å²) in [7, 11) is 0. The van der Waals surface area contributed by atoms with Gasteiger partial charge in [0.2, 0.25) is 0 Å². The Balaban J connectivity index is 1.65. The van der Waals surface area contributed by atoms with Gasteiger partial charge in [-0.05, 0) is 56.0 Å². The van der Waals surface area contributed by atoms with Crippen LogP contribution in [-0.2, 0) is 0 Å². The van der Waals surface area contributed by atoms with E-state index in [1.165, 1.54) is 0 Å². The van der Waals surface area contributed by atoms with Crippen LogP contribution < -0.4 is 5.32 Å². The number of aliphatic hydroxyl groups is 1. The lowest BCUT2D eigenvalue weighted by molar-refractivity contribution is 0.126. The number of imidazole rings is 1. The maximum atomic E-state index is 9.84. The number of H-pyrrole nitrogens is 1. The number of nitrogens with zero attached hydrogens (tertiary/aromatic N) is 2. The summed E-state index contributed by atoms with van der Waals surface area (Å²) in [6.45, 7) is 0. The minimum atomic E-state index is -0.184. The van der Waals surface area contributed by atoms with E-state index in [1.807, 2.05) is 48.7 Å². The SMILES string of the molecule is OC1CCC(Nc2c(-c3nc4ccccc4[nH]3)cnc3ccc(Cl)cc23)CC1. The zero-order chi connectivity index (χ0) is 19.1. The van der Waals surface area contributed by atoms with Crippen molar-refractivity contribution in [2.24, 2.45) is 0 Å². The molecule has 3 N–H and O–H groups in total. The summed E-state index contributed by atoms with van der Waals surface area (Å²) in [4.78, 5) is 12.8. The van der Waals surface area contributed by atoms with Gasteiger partial charge in [0.25, 0.3) is 0 Å². The van der Waals surface area contributed by atoms with Crippen LogP contribution in [0.2, 0.25) is 5.02 Å².